The van der Waals surface area contributed by atoms with Crippen molar-refractivity contribution in [1.29, 1.82) is 0 Å². The van der Waals surface area contributed by atoms with Crippen LogP contribution >= 0.6 is 12.2 Å². The Morgan fingerprint density at radius 3 is 3.07 bits per heavy atom. The smallest absolute Gasteiger partial charge is 0.236 e. The minimum absolute atomic E-state index is 0.110. The number of aliphatic hydroxyl groups is 1. The van der Waals surface area contributed by atoms with Crippen LogP contribution in [-0.2, 0) is 4.79 Å². The zero-order chi connectivity index (χ0) is 10.7. The second-order valence-corrected chi connectivity index (χ2v) is 3.66. The molecule has 78 valence electrons. The van der Waals surface area contributed by atoms with E-state index in [2.05, 4.69) is 11.9 Å². The van der Waals surface area contributed by atoms with E-state index in [9.17, 15) is 9.90 Å². The SMILES string of the molecule is C=CCNC(=S)N1C[C@@H]([C@@H](C)O)C1=O. The monoisotopic (exact) mass is 214 g/mol. The summed E-state index contributed by atoms with van der Waals surface area (Å²) >= 11 is 4.97. The van der Waals surface area contributed by atoms with E-state index in [1.54, 1.807) is 13.0 Å². The van der Waals surface area contributed by atoms with Crippen LogP contribution in [0, 0.1) is 5.92 Å². The number of carbonyl (C=O) groups excluding carboxylic acids is 1. The van der Waals surface area contributed by atoms with Crippen LogP contribution in [0.3, 0.4) is 0 Å². The number of hydrogen-bond acceptors (Lipinski definition) is 3. The van der Waals surface area contributed by atoms with Crippen LogP contribution in [0.2, 0.25) is 0 Å². The Morgan fingerprint density at radius 1 is 2.00 bits per heavy atom. The molecule has 0 spiro atoms. The number of thiocarbonyl (C=S) groups is 1. The maximum Gasteiger partial charge on any atom is 0.236 e. The lowest BCUT2D eigenvalue weighted by molar-refractivity contribution is -0.146. The van der Waals surface area contributed by atoms with Crippen molar-refractivity contribution in [2.75, 3.05) is 13.1 Å². The van der Waals surface area contributed by atoms with E-state index >= 15 is 0 Å². The summed E-state index contributed by atoms with van der Waals surface area (Å²) in [6, 6.07) is 0. The second-order valence-electron chi connectivity index (χ2n) is 3.27. The summed E-state index contributed by atoms with van der Waals surface area (Å²) < 4.78 is 0. The molecule has 1 fully saturated rings. The molecule has 1 aliphatic heterocycles. The van der Waals surface area contributed by atoms with Crippen LogP contribution in [0.1, 0.15) is 6.92 Å². The fourth-order valence-corrected chi connectivity index (χ4v) is 1.50. The summed E-state index contributed by atoms with van der Waals surface area (Å²) in [6.07, 6.45) is 1.07. The Labute approximate surface area is 88.6 Å². The first-order chi connectivity index (χ1) is 6.57. The molecule has 0 radical (unpaired) electrons. The van der Waals surface area contributed by atoms with Gasteiger partial charge in [0.15, 0.2) is 5.11 Å². The Balaban J connectivity index is 2.40. The van der Waals surface area contributed by atoms with Crippen molar-refractivity contribution < 1.29 is 9.90 Å². The first-order valence-electron chi connectivity index (χ1n) is 4.46. The molecular formula is C9H14N2O2S. The molecule has 1 aliphatic rings. The van der Waals surface area contributed by atoms with E-state index in [1.807, 2.05) is 0 Å². The summed E-state index contributed by atoms with van der Waals surface area (Å²) in [5.41, 5.74) is 0. The van der Waals surface area contributed by atoms with Crippen LogP contribution in [0.5, 0.6) is 0 Å². The Morgan fingerprint density at radius 2 is 2.64 bits per heavy atom. The molecule has 2 N–H and O–H groups in total. The number of carbonyl (C=O) groups is 1. The van der Waals surface area contributed by atoms with Crippen LogP contribution < -0.4 is 5.32 Å². The van der Waals surface area contributed by atoms with Crippen molar-refractivity contribution in [2.45, 2.75) is 13.0 Å². The van der Waals surface area contributed by atoms with Gasteiger partial charge in [0.05, 0.1) is 12.0 Å². The minimum Gasteiger partial charge on any atom is -0.393 e. The number of nitrogens with zero attached hydrogens (tertiary/aromatic N) is 1. The highest BCUT2D eigenvalue weighted by Crippen LogP contribution is 2.20. The van der Waals surface area contributed by atoms with Crippen molar-refractivity contribution in [1.82, 2.24) is 10.2 Å². The average Bonchev–Trinajstić information content (AvgIpc) is 2.11. The normalized spacial score (nSPS) is 22.6. The standard InChI is InChI=1S/C9H14N2O2S/c1-3-4-10-9(14)11-5-7(6(2)12)8(11)13/h3,6-7,12H,1,4-5H2,2H3,(H,10,14)/t6-,7+/m1/s1. The van der Waals surface area contributed by atoms with E-state index in [1.165, 1.54) is 4.90 Å². The van der Waals surface area contributed by atoms with Gasteiger partial charge in [0.1, 0.15) is 0 Å². The molecule has 0 aromatic carbocycles. The predicted molar refractivity (Wildman–Crippen MR) is 57.7 cm³/mol. The highest BCUT2D eigenvalue weighted by atomic mass is 32.1. The molecule has 1 saturated heterocycles. The van der Waals surface area contributed by atoms with Gasteiger partial charge in [-0.2, -0.15) is 0 Å². The Bertz CT molecular complexity index is 266. The quantitative estimate of drug-likeness (QED) is 0.391. The third-order valence-corrected chi connectivity index (χ3v) is 2.55. The summed E-state index contributed by atoms with van der Waals surface area (Å²) in [5, 5.41) is 12.5. The van der Waals surface area contributed by atoms with Gasteiger partial charge in [-0.3, -0.25) is 9.69 Å². The number of nitrogens with one attached hydrogen (secondary N) is 1. The molecule has 0 bridgehead atoms. The third kappa shape index (κ3) is 2.10. The molecule has 2 atom stereocenters. The predicted octanol–water partition coefficient (Wildman–Crippen LogP) is -0.114. The number of amides is 1. The third-order valence-electron chi connectivity index (χ3n) is 2.19. The largest absolute Gasteiger partial charge is 0.393 e. The fraction of sp³-hybridized carbons (Fsp3) is 0.556. The maximum absolute atomic E-state index is 11.4. The van der Waals surface area contributed by atoms with Gasteiger partial charge in [-0.15, -0.1) is 6.58 Å². The van der Waals surface area contributed by atoms with Crippen molar-refractivity contribution in [3.8, 4) is 0 Å². The number of aliphatic hydroxyl groups excluding tert-OH is 1. The van der Waals surface area contributed by atoms with Crippen molar-refractivity contribution >= 4 is 23.2 Å². The van der Waals surface area contributed by atoms with Gasteiger partial charge in [0.25, 0.3) is 0 Å². The highest BCUT2D eigenvalue weighted by molar-refractivity contribution is 7.80. The first-order valence-corrected chi connectivity index (χ1v) is 4.87. The molecule has 0 aromatic rings. The van der Waals surface area contributed by atoms with E-state index in [0.29, 0.717) is 18.2 Å². The van der Waals surface area contributed by atoms with Crippen LogP contribution in [0.4, 0.5) is 0 Å². The molecule has 5 heteroatoms. The molecule has 0 aromatic heterocycles. The van der Waals surface area contributed by atoms with Gasteiger partial charge in [-0.25, -0.2) is 0 Å². The van der Waals surface area contributed by atoms with Gasteiger partial charge < -0.3 is 10.4 Å². The van der Waals surface area contributed by atoms with E-state index < -0.39 is 6.10 Å². The van der Waals surface area contributed by atoms with E-state index in [4.69, 9.17) is 12.2 Å². The molecule has 14 heavy (non-hydrogen) atoms. The van der Waals surface area contributed by atoms with Crippen molar-refractivity contribution in [3.05, 3.63) is 12.7 Å². The van der Waals surface area contributed by atoms with Crippen LogP contribution in [-0.4, -0.2) is 40.2 Å². The van der Waals surface area contributed by atoms with Gasteiger partial charge >= 0.3 is 0 Å². The molecule has 0 aliphatic carbocycles. The van der Waals surface area contributed by atoms with Crippen LogP contribution in [0.25, 0.3) is 0 Å². The summed E-state index contributed by atoms with van der Waals surface area (Å²) in [5.74, 6) is -0.403. The second kappa shape index (κ2) is 4.52. The summed E-state index contributed by atoms with van der Waals surface area (Å²) in [4.78, 5) is 12.9. The molecule has 0 saturated carbocycles. The topological polar surface area (TPSA) is 52.6 Å². The number of β-lactam (4-membered cyclic amide) rings is 1. The van der Waals surface area contributed by atoms with Gasteiger partial charge in [-0.05, 0) is 19.1 Å². The first kappa shape index (κ1) is 11.1. The van der Waals surface area contributed by atoms with Gasteiger partial charge in [0, 0.05) is 13.1 Å². The summed E-state index contributed by atoms with van der Waals surface area (Å²) in [7, 11) is 0. The lowest BCUT2D eigenvalue weighted by Gasteiger charge is -2.39. The number of hydrogen-bond donors (Lipinski definition) is 2. The minimum atomic E-state index is -0.596. The Kier molecular flexibility index (Phi) is 3.60. The van der Waals surface area contributed by atoms with E-state index in [0.717, 1.165) is 0 Å². The molecule has 0 unspecified atom stereocenters. The van der Waals surface area contributed by atoms with Crippen molar-refractivity contribution in [2.24, 2.45) is 5.92 Å². The fourth-order valence-electron chi connectivity index (χ4n) is 1.25. The molecule has 1 rings (SSSR count). The average molecular weight is 214 g/mol. The van der Waals surface area contributed by atoms with Gasteiger partial charge in [-0.1, -0.05) is 6.08 Å². The molecular weight excluding hydrogens is 200 g/mol. The van der Waals surface area contributed by atoms with Crippen molar-refractivity contribution in [3.63, 3.8) is 0 Å². The Hall–Kier alpha value is -0.940. The molecule has 4 nitrogen and oxygen atoms in total. The van der Waals surface area contributed by atoms with Crippen LogP contribution in [0.15, 0.2) is 12.7 Å². The zero-order valence-electron chi connectivity index (χ0n) is 8.06. The number of rotatable bonds is 3. The molecule has 1 amide bonds. The zero-order valence-corrected chi connectivity index (χ0v) is 8.88. The molecule has 1 heterocycles. The van der Waals surface area contributed by atoms with Gasteiger partial charge in [0.2, 0.25) is 5.91 Å². The van der Waals surface area contributed by atoms with E-state index in [-0.39, 0.29) is 11.8 Å². The number of likely N-dealkylation sites (tertiary alicyclic amines) is 1. The maximum atomic E-state index is 11.4. The lowest BCUT2D eigenvalue weighted by atomic mass is 9.94. The highest BCUT2D eigenvalue weighted by Gasteiger charge is 2.41. The lowest BCUT2D eigenvalue weighted by Crippen LogP contribution is -2.61. The summed E-state index contributed by atoms with van der Waals surface area (Å²) in [6.45, 7) is 6.19.